The van der Waals surface area contributed by atoms with E-state index in [4.69, 9.17) is 4.98 Å². The minimum absolute atomic E-state index is 0.0945. The molecule has 1 fully saturated rings. The van der Waals surface area contributed by atoms with E-state index >= 15 is 0 Å². The highest BCUT2D eigenvalue weighted by atomic mass is 16.2. The number of hydrogen-bond donors (Lipinski definition) is 1. The number of piperazine rings is 1. The fourth-order valence-corrected chi connectivity index (χ4v) is 3.57. The van der Waals surface area contributed by atoms with E-state index in [9.17, 15) is 9.59 Å². The van der Waals surface area contributed by atoms with Crippen LogP contribution in [0.1, 0.15) is 23.7 Å². The van der Waals surface area contributed by atoms with Gasteiger partial charge in [-0.05, 0) is 18.6 Å². The van der Waals surface area contributed by atoms with Gasteiger partial charge in [0.25, 0.3) is 5.91 Å². The molecule has 2 amide bonds. The lowest BCUT2D eigenvalue weighted by Gasteiger charge is -2.34. The summed E-state index contributed by atoms with van der Waals surface area (Å²) in [6.07, 6.45) is 4.18. The molecule has 0 radical (unpaired) electrons. The van der Waals surface area contributed by atoms with Gasteiger partial charge in [-0.3, -0.25) is 14.3 Å². The van der Waals surface area contributed by atoms with Crippen LogP contribution in [0.3, 0.4) is 0 Å². The Hall–Kier alpha value is -3.22. The van der Waals surface area contributed by atoms with E-state index in [2.05, 4.69) is 10.4 Å². The van der Waals surface area contributed by atoms with Crippen molar-refractivity contribution in [3.63, 3.8) is 0 Å². The number of hydrogen-bond acceptors (Lipinski definition) is 4. The second kappa shape index (κ2) is 6.83. The molecule has 27 heavy (non-hydrogen) atoms. The first-order chi connectivity index (χ1) is 13.1. The smallest absolute Gasteiger partial charge is 0.255 e. The third-order valence-electron chi connectivity index (χ3n) is 4.93. The summed E-state index contributed by atoms with van der Waals surface area (Å²) < 4.78 is 1.70. The van der Waals surface area contributed by atoms with Gasteiger partial charge in [0, 0.05) is 37.3 Å². The number of benzene rings is 1. The van der Waals surface area contributed by atoms with Crippen molar-refractivity contribution < 1.29 is 9.59 Å². The summed E-state index contributed by atoms with van der Waals surface area (Å²) in [5.74, 6) is -0.233. The maximum absolute atomic E-state index is 13.4. The number of carbonyl (C=O) groups is 2. The number of carbonyl (C=O) groups excluding carboxylic acids is 2. The third-order valence-corrected chi connectivity index (χ3v) is 4.93. The van der Waals surface area contributed by atoms with Crippen molar-refractivity contribution in [3.05, 3.63) is 48.3 Å². The third kappa shape index (κ3) is 3.05. The van der Waals surface area contributed by atoms with E-state index in [1.807, 2.05) is 44.4 Å². The van der Waals surface area contributed by atoms with Gasteiger partial charge in [-0.25, -0.2) is 4.98 Å². The average molecular weight is 363 g/mol. The van der Waals surface area contributed by atoms with Crippen LogP contribution in [0.2, 0.25) is 0 Å². The maximum atomic E-state index is 13.4. The first kappa shape index (κ1) is 17.2. The van der Waals surface area contributed by atoms with E-state index in [1.165, 1.54) is 0 Å². The Bertz CT molecular complexity index is 1030. The van der Waals surface area contributed by atoms with Crippen LogP contribution in [0.4, 0.5) is 0 Å². The molecule has 1 atom stereocenters. The molecule has 1 aliphatic rings. The van der Waals surface area contributed by atoms with E-state index < -0.39 is 6.04 Å². The average Bonchev–Trinajstić information content (AvgIpc) is 3.12. The number of aromatic nitrogens is 3. The normalized spacial score (nSPS) is 17.2. The number of para-hydroxylation sites is 1. The summed E-state index contributed by atoms with van der Waals surface area (Å²) in [5, 5.41) is 7.83. The molecule has 3 aromatic rings. The van der Waals surface area contributed by atoms with Gasteiger partial charge in [-0.1, -0.05) is 25.1 Å². The van der Waals surface area contributed by atoms with Gasteiger partial charge in [0.2, 0.25) is 5.91 Å². The highest BCUT2D eigenvalue weighted by Gasteiger charge is 2.33. The summed E-state index contributed by atoms with van der Waals surface area (Å²) in [5.41, 5.74) is 2.85. The van der Waals surface area contributed by atoms with E-state index in [-0.39, 0.29) is 11.8 Å². The molecule has 3 heterocycles. The number of rotatable bonds is 3. The largest absolute Gasteiger partial charge is 0.353 e. The second-order valence-electron chi connectivity index (χ2n) is 6.69. The van der Waals surface area contributed by atoms with E-state index in [1.54, 1.807) is 21.8 Å². The lowest BCUT2D eigenvalue weighted by molar-refractivity contribution is -0.127. The SMILES string of the molecule is CC[C@H]1C(=O)NCCN1C(=O)c1cc(-c2cnn(C)c2)nc2ccccc12. The van der Waals surface area contributed by atoms with Crippen LogP contribution in [0.5, 0.6) is 0 Å². The Morgan fingerprint density at radius 1 is 1.33 bits per heavy atom. The molecule has 0 spiro atoms. The standard InChI is InChI=1S/C20H21N5O2/c1-3-18-19(26)21-8-9-25(18)20(27)15-10-17(13-11-22-24(2)12-13)23-16-7-5-4-6-14(15)16/h4-7,10-12,18H,3,8-9H2,1-2H3,(H,21,26)/t18-/m0/s1. The van der Waals surface area contributed by atoms with Crippen molar-refractivity contribution in [1.82, 2.24) is 25.0 Å². The van der Waals surface area contributed by atoms with Gasteiger partial charge in [0.05, 0.1) is 23.0 Å². The quantitative estimate of drug-likeness (QED) is 0.772. The zero-order valence-corrected chi connectivity index (χ0v) is 15.3. The van der Waals surface area contributed by atoms with Crippen LogP contribution in [-0.2, 0) is 11.8 Å². The monoisotopic (exact) mass is 363 g/mol. The number of amides is 2. The van der Waals surface area contributed by atoms with Crippen molar-refractivity contribution in [1.29, 1.82) is 0 Å². The Kier molecular flexibility index (Phi) is 4.35. The maximum Gasteiger partial charge on any atom is 0.255 e. The summed E-state index contributed by atoms with van der Waals surface area (Å²) >= 11 is 0. The summed E-state index contributed by atoms with van der Waals surface area (Å²) in [6.45, 7) is 2.89. The first-order valence-corrected chi connectivity index (χ1v) is 9.06. The highest BCUT2D eigenvalue weighted by molar-refractivity contribution is 6.08. The Morgan fingerprint density at radius 2 is 2.15 bits per heavy atom. The van der Waals surface area contributed by atoms with Crippen molar-refractivity contribution in [2.24, 2.45) is 7.05 Å². The molecule has 0 unspecified atom stereocenters. The van der Waals surface area contributed by atoms with Crippen LogP contribution >= 0.6 is 0 Å². The molecule has 7 nitrogen and oxygen atoms in total. The molecule has 1 N–H and O–H groups in total. The van der Waals surface area contributed by atoms with Gasteiger partial charge in [0.1, 0.15) is 6.04 Å². The van der Waals surface area contributed by atoms with Gasteiger partial charge in [-0.15, -0.1) is 0 Å². The van der Waals surface area contributed by atoms with E-state index in [0.29, 0.717) is 30.8 Å². The van der Waals surface area contributed by atoms with Crippen molar-refractivity contribution >= 4 is 22.7 Å². The number of nitrogens with zero attached hydrogens (tertiary/aromatic N) is 4. The fraction of sp³-hybridized carbons (Fsp3) is 0.300. The zero-order valence-electron chi connectivity index (χ0n) is 15.3. The molecule has 2 aromatic heterocycles. The molecule has 138 valence electrons. The molecule has 0 saturated carbocycles. The Balaban J connectivity index is 1.84. The predicted octanol–water partition coefficient (Wildman–Crippen LogP) is 1.99. The number of pyridine rings is 1. The molecule has 0 bridgehead atoms. The zero-order chi connectivity index (χ0) is 19.0. The molecule has 7 heteroatoms. The van der Waals surface area contributed by atoms with E-state index in [0.717, 1.165) is 16.5 Å². The van der Waals surface area contributed by atoms with Crippen LogP contribution < -0.4 is 5.32 Å². The van der Waals surface area contributed by atoms with Crippen LogP contribution in [0, 0.1) is 0 Å². The lowest BCUT2D eigenvalue weighted by atomic mass is 10.0. The topological polar surface area (TPSA) is 80.1 Å². The Morgan fingerprint density at radius 3 is 2.89 bits per heavy atom. The lowest BCUT2D eigenvalue weighted by Crippen LogP contribution is -2.56. The molecule has 1 aliphatic heterocycles. The summed E-state index contributed by atoms with van der Waals surface area (Å²) in [4.78, 5) is 32.0. The van der Waals surface area contributed by atoms with Crippen molar-refractivity contribution in [2.75, 3.05) is 13.1 Å². The van der Waals surface area contributed by atoms with Crippen molar-refractivity contribution in [2.45, 2.75) is 19.4 Å². The molecule has 4 rings (SSSR count). The number of aryl methyl sites for hydroxylation is 1. The van der Waals surface area contributed by atoms with Gasteiger partial charge < -0.3 is 10.2 Å². The van der Waals surface area contributed by atoms with Crippen LogP contribution in [0.25, 0.3) is 22.2 Å². The Labute approximate surface area is 157 Å². The van der Waals surface area contributed by atoms with Gasteiger partial charge in [-0.2, -0.15) is 5.10 Å². The fourth-order valence-electron chi connectivity index (χ4n) is 3.57. The minimum atomic E-state index is -0.444. The number of nitrogens with one attached hydrogen (secondary N) is 1. The minimum Gasteiger partial charge on any atom is -0.353 e. The summed E-state index contributed by atoms with van der Waals surface area (Å²) in [7, 11) is 1.84. The van der Waals surface area contributed by atoms with Crippen LogP contribution in [0.15, 0.2) is 42.7 Å². The number of fused-ring (bicyclic) bond motifs is 1. The molecule has 0 aliphatic carbocycles. The molecular weight excluding hydrogens is 342 g/mol. The molecule has 1 saturated heterocycles. The summed E-state index contributed by atoms with van der Waals surface area (Å²) in [6, 6.07) is 8.95. The molecule has 1 aromatic carbocycles. The van der Waals surface area contributed by atoms with Crippen molar-refractivity contribution in [3.8, 4) is 11.3 Å². The van der Waals surface area contributed by atoms with Crippen LogP contribution in [-0.4, -0.2) is 50.6 Å². The second-order valence-corrected chi connectivity index (χ2v) is 6.69. The predicted molar refractivity (Wildman–Crippen MR) is 102 cm³/mol. The molecular formula is C20H21N5O2. The van der Waals surface area contributed by atoms with Gasteiger partial charge in [0.15, 0.2) is 0 Å². The first-order valence-electron chi connectivity index (χ1n) is 9.06. The van der Waals surface area contributed by atoms with Gasteiger partial charge >= 0.3 is 0 Å². The highest BCUT2D eigenvalue weighted by Crippen LogP contribution is 2.26.